The van der Waals surface area contributed by atoms with Crippen LogP contribution in [0.25, 0.3) is 27.3 Å². The maximum Gasteiger partial charge on any atom is 0.197 e. The summed E-state index contributed by atoms with van der Waals surface area (Å²) in [5.41, 5.74) is 5.80. The van der Waals surface area contributed by atoms with Gasteiger partial charge in [0.1, 0.15) is 5.76 Å². The van der Waals surface area contributed by atoms with E-state index in [9.17, 15) is 14.4 Å². The number of fused-ring (bicyclic) bond motifs is 4. The van der Waals surface area contributed by atoms with Gasteiger partial charge in [-0.1, -0.05) is 80.1 Å². The molecular weight excluding hydrogens is 532 g/mol. The van der Waals surface area contributed by atoms with Crippen molar-refractivity contribution in [3.8, 4) is 0 Å². The molecule has 7 rings (SSSR count). The number of rotatable bonds is 5. The molecule has 0 atom stereocenters. The van der Waals surface area contributed by atoms with Crippen LogP contribution in [-0.2, 0) is 4.74 Å². The Hall–Kier alpha value is -4.83. The van der Waals surface area contributed by atoms with Gasteiger partial charge >= 0.3 is 0 Å². The molecule has 43 heavy (non-hydrogen) atoms. The summed E-state index contributed by atoms with van der Waals surface area (Å²) < 4.78 is 5.80. The zero-order valence-corrected chi connectivity index (χ0v) is 24.6. The van der Waals surface area contributed by atoms with Gasteiger partial charge in [-0.15, -0.1) is 0 Å². The van der Waals surface area contributed by atoms with Gasteiger partial charge in [0.05, 0.1) is 12.7 Å². The zero-order chi connectivity index (χ0) is 29.9. The van der Waals surface area contributed by atoms with E-state index in [1.807, 2.05) is 66.7 Å². The summed E-state index contributed by atoms with van der Waals surface area (Å²) in [6.07, 6.45) is 8.88. The van der Waals surface area contributed by atoms with Gasteiger partial charge in [0, 0.05) is 27.8 Å². The molecule has 3 aliphatic carbocycles. The van der Waals surface area contributed by atoms with Crippen LogP contribution in [0, 0.1) is 5.41 Å². The first kappa shape index (κ1) is 27.0. The Morgan fingerprint density at radius 3 is 1.72 bits per heavy atom. The summed E-state index contributed by atoms with van der Waals surface area (Å²) in [5.74, 6) is 0.285. The van der Waals surface area contributed by atoms with Crippen molar-refractivity contribution in [2.24, 2.45) is 5.41 Å². The summed E-state index contributed by atoms with van der Waals surface area (Å²) in [6, 6.07) is 23.5. The minimum absolute atomic E-state index is 0.0116. The first-order chi connectivity index (χ1) is 20.7. The first-order valence-electron chi connectivity index (χ1n) is 14.8. The molecule has 3 aliphatic rings. The van der Waals surface area contributed by atoms with Crippen LogP contribution in [0.15, 0.2) is 113 Å². The van der Waals surface area contributed by atoms with Gasteiger partial charge in [-0.3, -0.25) is 14.4 Å². The predicted octanol–water partition coefficient (Wildman–Crippen LogP) is 9.01. The predicted molar refractivity (Wildman–Crippen MR) is 171 cm³/mol. The van der Waals surface area contributed by atoms with Crippen molar-refractivity contribution >= 4 is 44.7 Å². The van der Waals surface area contributed by atoms with Crippen LogP contribution in [0.5, 0.6) is 0 Å². The Balaban J connectivity index is 1.16. The summed E-state index contributed by atoms with van der Waals surface area (Å²) >= 11 is 0. The largest absolute Gasteiger partial charge is 0.496 e. The molecule has 0 aromatic heterocycles. The molecule has 4 nitrogen and oxygen atoms in total. The quantitative estimate of drug-likeness (QED) is 0.179. The molecule has 0 radical (unpaired) electrons. The van der Waals surface area contributed by atoms with Crippen LogP contribution in [0.3, 0.4) is 0 Å². The number of carbonyl (C=O) groups excluding carboxylic acids is 3. The average molecular weight is 565 g/mol. The van der Waals surface area contributed by atoms with Gasteiger partial charge in [-0.2, -0.15) is 0 Å². The number of allylic oxidation sites excluding steroid dienone is 7. The Bertz CT molecular complexity index is 1970. The van der Waals surface area contributed by atoms with E-state index in [4.69, 9.17) is 4.74 Å². The first-order valence-corrected chi connectivity index (χ1v) is 14.8. The van der Waals surface area contributed by atoms with Gasteiger partial charge in [0.15, 0.2) is 17.3 Å². The lowest BCUT2D eigenvalue weighted by Gasteiger charge is -2.31. The molecule has 0 aliphatic heterocycles. The highest BCUT2D eigenvalue weighted by Gasteiger charge is 2.34. The van der Waals surface area contributed by atoms with E-state index in [2.05, 4.69) is 32.1 Å². The van der Waals surface area contributed by atoms with E-state index in [1.54, 1.807) is 13.2 Å². The molecule has 0 N–H and O–H groups in total. The Morgan fingerprint density at radius 1 is 0.674 bits per heavy atom. The highest BCUT2D eigenvalue weighted by Crippen LogP contribution is 2.43. The van der Waals surface area contributed by atoms with Crippen LogP contribution in [0.4, 0.5) is 0 Å². The fourth-order valence-corrected chi connectivity index (χ4v) is 7.00. The molecule has 0 fully saturated rings. The van der Waals surface area contributed by atoms with Crippen molar-refractivity contribution in [2.45, 2.75) is 39.5 Å². The van der Waals surface area contributed by atoms with Crippen molar-refractivity contribution in [2.75, 3.05) is 7.11 Å². The molecule has 0 heterocycles. The van der Waals surface area contributed by atoms with Gasteiger partial charge in [-0.05, 0) is 88.6 Å². The minimum atomic E-state index is -0.215. The van der Waals surface area contributed by atoms with E-state index in [0.29, 0.717) is 28.9 Å². The second kappa shape index (κ2) is 10.2. The molecule has 4 aromatic rings. The van der Waals surface area contributed by atoms with Gasteiger partial charge < -0.3 is 4.74 Å². The number of ether oxygens (including phenoxy) is 1. The van der Waals surface area contributed by atoms with Crippen molar-refractivity contribution in [1.29, 1.82) is 0 Å². The highest BCUT2D eigenvalue weighted by molar-refractivity contribution is 6.40. The van der Waals surface area contributed by atoms with E-state index < -0.39 is 0 Å². The molecule has 212 valence electrons. The molecular formula is C39H32O4. The molecule has 4 heteroatoms. The van der Waals surface area contributed by atoms with Crippen molar-refractivity contribution in [3.05, 3.63) is 136 Å². The maximum atomic E-state index is 13.5. The summed E-state index contributed by atoms with van der Waals surface area (Å²) in [7, 11) is 1.64. The normalized spacial score (nSPS) is 18.5. The lowest BCUT2D eigenvalue weighted by Crippen LogP contribution is -2.17. The maximum absolute atomic E-state index is 13.5. The number of carbonyl (C=O) groups is 3. The minimum Gasteiger partial charge on any atom is -0.496 e. The lowest BCUT2D eigenvalue weighted by molar-refractivity contribution is 0.0986. The Kier molecular flexibility index (Phi) is 6.39. The second-order valence-electron chi connectivity index (χ2n) is 12.6. The topological polar surface area (TPSA) is 60.4 Å². The lowest BCUT2D eigenvalue weighted by atomic mass is 9.74. The molecule has 0 amide bonds. The molecule has 4 aromatic carbocycles. The number of ketones is 3. The monoisotopic (exact) mass is 564 g/mol. The highest BCUT2D eigenvalue weighted by atomic mass is 16.5. The standard InChI is InChI=1S/C39H32O4/c1-39(2)21-23(12-14-29-35(40)31-17-25-8-4-5-9-26(25)18-32(31)36(29)41)16-24(22-39)13-15-30-37(42)33-19-27-10-6-7-11-28(27)20-34(33)38(30)43-3/h4-12,14,16-20H,13,15,21-22H2,1-3H3/b23-12-. The third-order valence-corrected chi connectivity index (χ3v) is 8.93. The molecule has 0 saturated heterocycles. The molecule has 0 bridgehead atoms. The third-order valence-electron chi connectivity index (χ3n) is 8.93. The Morgan fingerprint density at radius 2 is 1.19 bits per heavy atom. The van der Waals surface area contributed by atoms with Crippen LogP contribution in [-0.4, -0.2) is 24.5 Å². The summed E-state index contributed by atoms with van der Waals surface area (Å²) in [4.78, 5) is 40.0. The van der Waals surface area contributed by atoms with E-state index in [0.717, 1.165) is 57.5 Å². The van der Waals surface area contributed by atoms with E-state index in [-0.39, 0.29) is 28.3 Å². The van der Waals surface area contributed by atoms with Gasteiger partial charge in [0.2, 0.25) is 0 Å². The third kappa shape index (κ3) is 4.67. The van der Waals surface area contributed by atoms with Crippen LogP contribution in [0.1, 0.15) is 76.2 Å². The van der Waals surface area contributed by atoms with Crippen LogP contribution >= 0.6 is 0 Å². The van der Waals surface area contributed by atoms with Crippen molar-refractivity contribution in [3.63, 3.8) is 0 Å². The number of benzene rings is 4. The summed E-state index contributed by atoms with van der Waals surface area (Å²) in [6.45, 7) is 4.46. The number of Topliss-reactive ketones (excluding diaryl/α,β-unsaturated/α-hetero) is 3. The SMILES string of the molecule is COC1=C(CCC2=C/C(=C/C=C3C(=O)c4cc5ccccc5cc4C3=O)CC(C)(C)C2)C(=O)c2cc3ccccc3cc21. The van der Waals surface area contributed by atoms with Crippen LogP contribution < -0.4 is 0 Å². The van der Waals surface area contributed by atoms with E-state index in [1.165, 1.54) is 5.57 Å². The smallest absolute Gasteiger partial charge is 0.197 e. The number of methoxy groups -OCH3 is 1. The Labute approximate surface area is 251 Å². The zero-order valence-electron chi connectivity index (χ0n) is 24.6. The second-order valence-corrected chi connectivity index (χ2v) is 12.6. The fourth-order valence-electron chi connectivity index (χ4n) is 7.00. The van der Waals surface area contributed by atoms with Crippen LogP contribution in [0.2, 0.25) is 0 Å². The van der Waals surface area contributed by atoms with E-state index >= 15 is 0 Å². The molecule has 0 unspecified atom stereocenters. The number of hydrogen-bond acceptors (Lipinski definition) is 4. The van der Waals surface area contributed by atoms with Crippen molar-refractivity contribution in [1.82, 2.24) is 0 Å². The van der Waals surface area contributed by atoms with Gasteiger partial charge in [0.25, 0.3) is 0 Å². The fraction of sp³-hybridized carbons (Fsp3) is 0.205. The van der Waals surface area contributed by atoms with Gasteiger partial charge in [-0.25, -0.2) is 0 Å². The average Bonchev–Trinajstić information content (AvgIpc) is 3.39. The molecule has 0 saturated carbocycles. The molecule has 0 spiro atoms. The van der Waals surface area contributed by atoms with Crippen molar-refractivity contribution < 1.29 is 19.1 Å². The summed E-state index contributed by atoms with van der Waals surface area (Å²) in [5, 5.41) is 4.03. The number of hydrogen-bond donors (Lipinski definition) is 0.